The first kappa shape index (κ1) is 13.9. The number of nitrogens with two attached hydrogens (primary N) is 1. The molecule has 1 aromatic carbocycles. The lowest BCUT2D eigenvalue weighted by Crippen LogP contribution is -2.09. The standard InChI is InChI=1S/C12H10FN3O3S/c13-10-2-1-8(4-11(10)16(18)19)15-5-9-3-7(6-20-9)12(14)17/h1-4,6,15H,5H2,(H2,14,17). The highest BCUT2D eigenvalue weighted by Crippen LogP contribution is 2.23. The van der Waals surface area contributed by atoms with Crippen LogP contribution in [0.4, 0.5) is 15.8 Å². The number of halogens is 1. The average Bonchev–Trinajstić information content (AvgIpc) is 2.86. The number of benzene rings is 1. The van der Waals surface area contributed by atoms with E-state index in [4.69, 9.17) is 5.73 Å². The Kier molecular flexibility index (Phi) is 3.94. The van der Waals surface area contributed by atoms with Gasteiger partial charge in [0.25, 0.3) is 0 Å². The number of anilines is 1. The molecular weight excluding hydrogens is 285 g/mol. The van der Waals surface area contributed by atoms with Gasteiger partial charge in [-0.2, -0.15) is 4.39 Å². The third-order valence-electron chi connectivity index (χ3n) is 2.55. The molecule has 1 amide bonds. The molecule has 104 valence electrons. The predicted molar refractivity (Wildman–Crippen MR) is 73.2 cm³/mol. The number of carbonyl (C=O) groups excluding carboxylic acids is 1. The molecule has 8 heteroatoms. The molecule has 2 rings (SSSR count). The maximum Gasteiger partial charge on any atom is 0.306 e. The zero-order chi connectivity index (χ0) is 14.7. The van der Waals surface area contributed by atoms with Crippen molar-refractivity contribution in [3.63, 3.8) is 0 Å². The fourth-order valence-corrected chi connectivity index (χ4v) is 2.37. The molecule has 0 aliphatic heterocycles. The van der Waals surface area contributed by atoms with Crippen molar-refractivity contribution >= 4 is 28.6 Å². The van der Waals surface area contributed by atoms with E-state index in [0.717, 1.165) is 17.0 Å². The maximum absolute atomic E-state index is 13.2. The highest BCUT2D eigenvalue weighted by Gasteiger charge is 2.14. The van der Waals surface area contributed by atoms with Crippen LogP contribution >= 0.6 is 11.3 Å². The summed E-state index contributed by atoms with van der Waals surface area (Å²) in [6, 6.07) is 5.20. The van der Waals surface area contributed by atoms with Crippen LogP contribution in [0.2, 0.25) is 0 Å². The van der Waals surface area contributed by atoms with Gasteiger partial charge in [-0.3, -0.25) is 14.9 Å². The van der Waals surface area contributed by atoms with Crippen LogP contribution in [-0.4, -0.2) is 10.8 Å². The summed E-state index contributed by atoms with van der Waals surface area (Å²) in [4.78, 5) is 21.6. The largest absolute Gasteiger partial charge is 0.380 e. The van der Waals surface area contributed by atoms with Crippen molar-refractivity contribution in [3.8, 4) is 0 Å². The Morgan fingerprint density at radius 2 is 2.20 bits per heavy atom. The summed E-state index contributed by atoms with van der Waals surface area (Å²) >= 11 is 1.34. The number of hydrogen-bond donors (Lipinski definition) is 2. The fraction of sp³-hybridized carbons (Fsp3) is 0.0833. The summed E-state index contributed by atoms with van der Waals surface area (Å²) in [5, 5.41) is 15.2. The van der Waals surface area contributed by atoms with Gasteiger partial charge in [-0.25, -0.2) is 0 Å². The summed E-state index contributed by atoms with van der Waals surface area (Å²) in [6.45, 7) is 0.362. The monoisotopic (exact) mass is 295 g/mol. The maximum atomic E-state index is 13.2. The van der Waals surface area contributed by atoms with Crippen LogP contribution < -0.4 is 11.1 Å². The normalized spacial score (nSPS) is 10.2. The van der Waals surface area contributed by atoms with Gasteiger partial charge in [-0.15, -0.1) is 11.3 Å². The minimum Gasteiger partial charge on any atom is -0.380 e. The molecule has 1 heterocycles. The van der Waals surface area contributed by atoms with Gasteiger partial charge in [-0.1, -0.05) is 0 Å². The molecule has 0 saturated heterocycles. The number of hydrogen-bond acceptors (Lipinski definition) is 5. The zero-order valence-electron chi connectivity index (χ0n) is 10.1. The van der Waals surface area contributed by atoms with Gasteiger partial charge in [0.05, 0.1) is 10.5 Å². The van der Waals surface area contributed by atoms with Gasteiger partial charge in [0.15, 0.2) is 0 Å². The summed E-state index contributed by atoms with van der Waals surface area (Å²) in [7, 11) is 0. The van der Waals surface area contributed by atoms with Gasteiger partial charge in [0.2, 0.25) is 11.7 Å². The average molecular weight is 295 g/mol. The molecule has 0 fully saturated rings. The van der Waals surface area contributed by atoms with E-state index in [1.54, 1.807) is 11.4 Å². The molecule has 0 spiro atoms. The number of nitrogens with zero attached hydrogens (tertiary/aromatic N) is 1. The van der Waals surface area contributed by atoms with Gasteiger partial charge >= 0.3 is 5.69 Å². The van der Waals surface area contributed by atoms with E-state index >= 15 is 0 Å². The highest BCUT2D eigenvalue weighted by atomic mass is 32.1. The topological polar surface area (TPSA) is 98.3 Å². The van der Waals surface area contributed by atoms with Gasteiger partial charge in [0, 0.05) is 28.6 Å². The number of amides is 1. The third kappa shape index (κ3) is 3.09. The predicted octanol–water partition coefficient (Wildman–Crippen LogP) is 2.51. The lowest BCUT2D eigenvalue weighted by molar-refractivity contribution is -0.387. The SMILES string of the molecule is NC(=O)c1csc(CNc2ccc(F)c([N+](=O)[O-])c2)c1. The highest BCUT2D eigenvalue weighted by molar-refractivity contribution is 7.10. The Bertz CT molecular complexity index is 672. The lowest BCUT2D eigenvalue weighted by atomic mass is 10.2. The molecule has 3 N–H and O–H groups in total. The van der Waals surface area contributed by atoms with Crippen LogP contribution in [0.15, 0.2) is 29.6 Å². The molecule has 0 unspecified atom stereocenters. The van der Waals surface area contributed by atoms with Crippen molar-refractivity contribution in [1.29, 1.82) is 0 Å². The second-order valence-corrected chi connectivity index (χ2v) is 4.94. The van der Waals surface area contributed by atoms with Crippen LogP contribution in [0.3, 0.4) is 0 Å². The number of rotatable bonds is 5. The Balaban J connectivity index is 2.08. The number of nitro benzene ring substituents is 1. The summed E-state index contributed by atoms with van der Waals surface area (Å²) in [5.41, 5.74) is 5.39. The van der Waals surface area contributed by atoms with Crippen LogP contribution in [0.5, 0.6) is 0 Å². The molecule has 0 radical (unpaired) electrons. The third-order valence-corrected chi connectivity index (χ3v) is 3.48. The molecule has 0 atom stereocenters. The van der Waals surface area contributed by atoms with Crippen molar-refractivity contribution < 1.29 is 14.1 Å². The van der Waals surface area contributed by atoms with E-state index in [9.17, 15) is 19.3 Å². The van der Waals surface area contributed by atoms with Gasteiger partial charge < -0.3 is 11.1 Å². The number of nitro groups is 1. The minimum absolute atomic E-state index is 0.362. The summed E-state index contributed by atoms with van der Waals surface area (Å²) < 4.78 is 13.2. The van der Waals surface area contributed by atoms with Crippen LogP contribution in [0.1, 0.15) is 15.2 Å². The molecule has 0 bridgehead atoms. The summed E-state index contributed by atoms with van der Waals surface area (Å²) in [6.07, 6.45) is 0. The quantitative estimate of drug-likeness (QED) is 0.654. The van der Waals surface area contributed by atoms with Crippen LogP contribution in [-0.2, 0) is 6.54 Å². The van der Waals surface area contributed by atoms with E-state index in [0.29, 0.717) is 17.8 Å². The first-order chi connectivity index (χ1) is 9.47. The van der Waals surface area contributed by atoms with Crippen molar-refractivity contribution in [2.75, 3.05) is 5.32 Å². The molecule has 0 aliphatic rings. The first-order valence-corrected chi connectivity index (χ1v) is 6.40. The molecule has 0 aliphatic carbocycles. The van der Waals surface area contributed by atoms with Gasteiger partial charge in [-0.05, 0) is 18.2 Å². The fourth-order valence-electron chi connectivity index (χ4n) is 1.55. The second kappa shape index (κ2) is 5.66. The molecule has 1 aromatic heterocycles. The first-order valence-electron chi connectivity index (χ1n) is 5.52. The molecule has 0 saturated carbocycles. The summed E-state index contributed by atoms with van der Waals surface area (Å²) in [5.74, 6) is -1.39. The Morgan fingerprint density at radius 1 is 1.45 bits per heavy atom. The van der Waals surface area contributed by atoms with Crippen molar-refractivity contribution in [3.05, 3.63) is 56.0 Å². The number of carbonyl (C=O) groups is 1. The molecule has 6 nitrogen and oxygen atoms in total. The Labute approximate surface area is 117 Å². The number of nitrogens with one attached hydrogen (secondary N) is 1. The molecular formula is C12H10FN3O3S. The minimum atomic E-state index is -0.882. The van der Waals surface area contributed by atoms with E-state index in [1.165, 1.54) is 17.4 Å². The number of primary amides is 1. The number of thiophene rings is 1. The van der Waals surface area contributed by atoms with Crippen molar-refractivity contribution in [1.82, 2.24) is 0 Å². The van der Waals surface area contributed by atoms with E-state index in [2.05, 4.69) is 5.32 Å². The Morgan fingerprint density at radius 3 is 2.80 bits per heavy atom. The van der Waals surface area contributed by atoms with Crippen molar-refractivity contribution in [2.45, 2.75) is 6.54 Å². The van der Waals surface area contributed by atoms with Gasteiger partial charge in [0.1, 0.15) is 0 Å². The van der Waals surface area contributed by atoms with Crippen molar-refractivity contribution in [2.24, 2.45) is 5.73 Å². The lowest BCUT2D eigenvalue weighted by Gasteiger charge is -2.04. The zero-order valence-corrected chi connectivity index (χ0v) is 10.9. The molecule has 20 heavy (non-hydrogen) atoms. The van der Waals surface area contributed by atoms with Crippen LogP contribution in [0.25, 0.3) is 0 Å². The van der Waals surface area contributed by atoms with E-state index < -0.39 is 22.3 Å². The molecule has 2 aromatic rings. The van der Waals surface area contributed by atoms with E-state index in [-0.39, 0.29) is 0 Å². The smallest absolute Gasteiger partial charge is 0.306 e. The Hall–Kier alpha value is -2.48. The second-order valence-electron chi connectivity index (χ2n) is 3.94. The van der Waals surface area contributed by atoms with Crippen LogP contribution in [0, 0.1) is 15.9 Å². The van der Waals surface area contributed by atoms with E-state index in [1.807, 2.05) is 0 Å².